The lowest BCUT2D eigenvalue weighted by molar-refractivity contribution is 1.37. The van der Waals surface area contributed by atoms with Crippen LogP contribution in [0.25, 0.3) is 110 Å². The second kappa shape index (κ2) is 12.0. The Balaban J connectivity index is 1.14. The predicted molar refractivity (Wildman–Crippen MR) is 246 cm³/mol. The normalized spacial score (nSPS) is 13.2. The van der Waals surface area contributed by atoms with E-state index in [1.165, 1.54) is 70.5 Å². The van der Waals surface area contributed by atoms with Crippen LogP contribution in [0.3, 0.4) is 0 Å². The number of aromatic nitrogens is 2. The van der Waals surface area contributed by atoms with Crippen molar-refractivity contribution >= 4 is 83.3 Å². The molecule has 0 radical (unpaired) electrons. The van der Waals surface area contributed by atoms with Gasteiger partial charge in [-0.3, -0.25) is 0 Å². The smallest absolute Gasteiger partial charge is 0.114 e. The molecule has 3 heterocycles. The first-order valence-electron chi connectivity index (χ1n) is 19.8. The third kappa shape index (κ3) is 4.64. The van der Waals surface area contributed by atoms with Crippen molar-refractivity contribution in [3.63, 3.8) is 0 Å². The van der Waals surface area contributed by atoms with Crippen LogP contribution in [0.4, 0.5) is 0 Å². The molecular formula is C54H36N2Si. The molecule has 0 saturated heterocycles. The molecule has 57 heavy (non-hydrogen) atoms. The first-order chi connectivity index (χ1) is 28.0. The van der Waals surface area contributed by atoms with Gasteiger partial charge in [0.25, 0.3) is 0 Å². The highest BCUT2D eigenvalue weighted by molar-refractivity contribution is 7.05. The number of fused-ring (bicyclic) bond motifs is 12. The van der Waals surface area contributed by atoms with Crippen LogP contribution in [-0.2, 0) is 0 Å². The van der Waals surface area contributed by atoms with Crippen LogP contribution >= 0.6 is 0 Å². The number of benzene rings is 9. The van der Waals surface area contributed by atoms with E-state index >= 15 is 0 Å². The lowest BCUT2D eigenvalue weighted by Gasteiger charge is -2.23. The fraction of sp³-hybridized carbons (Fsp3) is 0.0370. The summed E-state index contributed by atoms with van der Waals surface area (Å²) in [4.78, 5) is 10.7. The molecule has 2 aromatic heterocycles. The Bertz CT molecular complexity index is 3440. The SMILES string of the molecule is C[Si]1(C)c2ccccc2-c2ccc3cc(-c4c5ccccc5c(-c5ccc6ccc7ccc(-c8ccccc8)nc7c6n5)c5ccccc45)c4ccccc4c3c21. The molecule has 0 aliphatic carbocycles. The lowest BCUT2D eigenvalue weighted by atomic mass is 9.84. The number of rotatable bonds is 3. The Morgan fingerprint density at radius 2 is 0.877 bits per heavy atom. The van der Waals surface area contributed by atoms with Gasteiger partial charge in [-0.25, -0.2) is 9.97 Å². The van der Waals surface area contributed by atoms with E-state index in [4.69, 9.17) is 9.97 Å². The molecule has 0 bridgehead atoms. The number of hydrogen-bond donors (Lipinski definition) is 0. The van der Waals surface area contributed by atoms with E-state index in [1.54, 1.807) is 5.19 Å². The first kappa shape index (κ1) is 32.3. The van der Waals surface area contributed by atoms with Crippen molar-refractivity contribution in [1.29, 1.82) is 0 Å². The van der Waals surface area contributed by atoms with Crippen molar-refractivity contribution in [2.45, 2.75) is 13.1 Å². The zero-order valence-electron chi connectivity index (χ0n) is 31.7. The molecule has 0 unspecified atom stereocenters. The lowest BCUT2D eigenvalue weighted by Crippen LogP contribution is -2.49. The minimum atomic E-state index is -1.96. The Morgan fingerprint density at radius 3 is 1.56 bits per heavy atom. The molecule has 9 aromatic carbocycles. The van der Waals surface area contributed by atoms with Crippen molar-refractivity contribution in [3.05, 3.63) is 182 Å². The maximum atomic E-state index is 5.51. The van der Waals surface area contributed by atoms with E-state index in [9.17, 15) is 0 Å². The summed E-state index contributed by atoms with van der Waals surface area (Å²) in [5.74, 6) is 0. The van der Waals surface area contributed by atoms with E-state index in [2.05, 4.69) is 189 Å². The number of nitrogens with zero attached hydrogens (tertiary/aromatic N) is 2. The van der Waals surface area contributed by atoms with Crippen molar-refractivity contribution in [2.75, 3.05) is 0 Å². The Hall–Kier alpha value is -6.94. The molecule has 0 N–H and O–H groups in total. The van der Waals surface area contributed by atoms with Crippen LogP contribution in [0.2, 0.25) is 13.1 Å². The molecule has 0 fully saturated rings. The zero-order valence-corrected chi connectivity index (χ0v) is 32.7. The highest BCUT2D eigenvalue weighted by Gasteiger charge is 2.39. The monoisotopic (exact) mass is 740 g/mol. The van der Waals surface area contributed by atoms with Crippen LogP contribution in [0.1, 0.15) is 0 Å². The molecular weight excluding hydrogens is 705 g/mol. The van der Waals surface area contributed by atoms with Crippen molar-refractivity contribution in [3.8, 4) is 44.8 Å². The second-order valence-corrected chi connectivity index (χ2v) is 20.3. The van der Waals surface area contributed by atoms with Gasteiger partial charge in [0.2, 0.25) is 0 Å². The summed E-state index contributed by atoms with van der Waals surface area (Å²) >= 11 is 0. The van der Waals surface area contributed by atoms with Gasteiger partial charge in [-0.15, -0.1) is 0 Å². The van der Waals surface area contributed by atoms with Gasteiger partial charge in [0.15, 0.2) is 0 Å². The van der Waals surface area contributed by atoms with Gasteiger partial charge < -0.3 is 0 Å². The van der Waals surface area contributed by atoms with Gasteiger partial charge in [-0.05, 0) is 93.9 Å². The number of pyridine rings is 2. The Kier molecular flexibility index (Phi) is 6.82. The van der Waals surface area contributed by atoms with E-state index in [0.29, 0.717) is 0 Å². The Morgan fingerprint density at radius 1 is 0.368 bits per heavy atom. The van der Waals surface area contributed by atoms with Crippen molar-refractivity contribution < 1.29 is 0 Å². The second-order valence-electron chi connectivity index (χ2n) is 16.0. The largest absolute Gasteiger partial charge is 0.245 e. The minimum Gasteiger partial charge on any atom is -0.245 e. The van der Waals surface area contributed by atoms with Crippen LogP contribution in [0.5, 0.6) is 0 Å². The van der Waals surface area contributed by atoms with E-state index in [0.717, 1.165) is 44.3 Å². The summed E-state index contributed by atoms with van der Waals surface area (Å²) in [5, 5.41) is 15.4. The summed E-state index contributed by atoms with van der Waals surface area (Å²) in [5.41, 5.74) is 11.3. The van der Waals surface area contributed by atoms with E-state index in [1.807, 2.05) is 6.07 Å². The van der Waals surface area contributed by atoms with Gasteiger partial charge in [-0.2, -0.15) is 0 Å². The fourth-order valence-electron chi connectivity index (χ4n) is 10.0. The summed E-state index contributed by atoms with van der Waals surface area (Å²) in [6.07, 6.45) is 0. The van der Waals surface area contributed by atoms with E-state index < -0.39 is 8.07 Å². The number of hydrogen-bond acceptors (Lipinski definition) is 2. The topological polar surface area (TPSA) is 25.8 Å². The van der Waals surface area contributed by atoms with Crippen LogP contribution in [0.15, 0.2) is 182 Å². The summed E-state index contributed by atoms with van der Waals surface area (Å²) in [6.45, 7) is 5.06. The third-order valence-electron chi connectivity index (χ3n) is 12.6. The summed E-state index contributed by atoms with van der Waals surface area (Å²) in [7, 11) is -1.96. The molecule has 0 amide bonds. The quantitative estimate of drug-likeness (QED) is 0.102. The molecule has 11 aromatic rings. The van der Waals surface area contributed by atoms with Crippen molar-refractivity contribution in [2.24, 2.45) is 0 Å². The standard InChI is InChI=1S/C54H36N2Si/c1-57(2)48-23-13-12-17-38(48)44-29-26-36-32-45(37-16-6-7-18-39(37)49(36)54(44)57)50-40-19-8-10-21-42(40)51(43-22-11-9-20-41(43)50)47-31-28-35-25-24-34-27-30-46(33-14-4-3-5-15-33)55-52(34)53(35)56-47/h3-32H,1-2H3. The summed E-state index contributed by atoms with van der Waals surface area (Å²) < 4.78 is 0. The molecule has 0 atom stereocenters. The predicted octanol–water partition coefficient (Wildman–Crippen LogP) is 13.2. The third-order valence-corrected chi connectivity index (χ3v) is 16.1. The summed E-state index contributed by atoms with van der Waals surface area (Å²) in [6, 6.07) is 66.7. The van der Waals surface area contributed by atoms with Crippen LogP contribution < -0.4 is 10.4 Å². The van der Waals surface area contributed by atoms with Gasteiger partial charge >= 0.3 is 0 Å². The fourth-order valence-corrected chi connectivity index (χ4v) is 13.5. The molecule has 0 saturated carbocycles. The van der Waals surface area contributed by atoms with E-state index in [-0.39, 0.29) is 0 Å². The minimum absolute atomic E-state index is 0.918. The van der Waals surface area contributed by atoms with Gasteiger partial charge in [0, 0.05) is 21.9 Å². The molecule has 266 valence electrons. The molecule has 12 rings (SSSR count). The molecule has 2 nitrogen and oxygen atoms in total. The zero-order chi connectivity index (χ0) is 37.8. The average molecular weight is 741 g/mol. The molecule has 1 aliphatic heterocycles. The van der Waals surface area contributed by atoms with Gasteiger partial charge in [-0.1, -0.05) is 177 Å². The maximum Gasteiger partial charge on any atom is 0.114 e. The van der Waals surface area contributed by atoms with Crippen molar-refractivity contribution in [1.82, 2.24) is 9.97 Å². The van der Waals surface area contributed by atoms with Crippen LogP contribution in [0, 0.1) is 0 Å². The molecule has 0 spiro atoms. The first-order valence-corrected chi connectivity index (χ1v) is 22.8. The van der Waals surface area contributed by atoms with Gasteiger partial charge in [0.1, 0.15) is 8.07 Å². The highest BCUT2D eigenvalue weighted by Crippen LogP contribution is 2.47. The molecule has 3 heteroatoms. The highest BCUT2D eigenvalue weighted by atomic mass is 28.3. The Labute approximate surface area is 331 Å². The molecule has 1 aliphatic rings. The van der Waals surface area contributed by atoms with Crippen LogP contribution in [-0.4, -0.2) is 18.0 Å². The van der Waals surface area contributed by atoms with Gasteiger partial charge in [0.05, 0.1) is 22.4 Å². The maximum absolute atomic E-state index is 5.51. The average Bonchev–Trinajstić information content (AvgIpc) is 3.51.